The quantitative estimate of drug-likeness (QED) is 0.725. The third kappa shape index (κ3) is 3.76. The highest BCUT2D eigenvalue weighted by molar-refractivity contribution is 6.31. The van der Waals surface area contributed by atoms with E-state index in [1.54, 1.807) is 29.2 Å². The molecule has 2 N–H and O–H groups in total. The summed E-state index contributed by atoms with van der Waals surface area (Å²) < 4.78 is 5.64. The number of quaternary nitrogens is 1. The zero-order valence-electron chi connectivity index (χ0n) is 14.6. The molecule has 0 saturated carbocycles. The van der Waals surface area contributed by atoms with Gasteiger partial charge in [-0.05, 0) is 29.8 Å². The molecule has 2 heterocycles. The third-order valence-corrected chi connectivity index (χ3v) is 5.25. The van der Waals surface area contributed by atoms with E-state index >= 15 is 0 Å². The van der Waals surface area contributed by atoms with Crippen LogP contribution >= 0.6 is 11.6 Å². The van der Waals surface area contributed by atoms with Crippen LogP contribution in [0.5, 0.6) is 0 Å². The lowest BCUT2D eigenvalue weighted by Gasteiger charge is -2.15. The van der Waals surface area contributed by atoms with Gasteiger partial charge in [0.2, 0.25) is 0 Å². The average Bonchev–Trinajstić information content (AvgIpc) is 3.30. The zero-order valence-corrected chi connectivity index (χ0v) is 15.3. The van der Waals surface area contributed by atoms with Crippen molar-refractivity contribution in [3.63, 3.8) is 0 Å². The van der Waals surface area contributed by atoms with E-state index in [1.807, 2.05) is 6.07 Å². The molecular formula is C21H22ClN2O2+. The topological polar surface area (TPSA) is 46.7 Å². The molecule has 5 heteroatoms. The zero-order chi connectivity index (χ0) is 17.9. The van der Waals surface area contributed by atoms with E-state index in [9.17, 15) is 4.79 Å². The Morgan fingerprint density at radius 3 is 2.65 bits per heavy atom. The largest absolute Gasteiger partial charge is 0.451 e. The molecule has 4 nitrogen and oxygen atoms in total. The first kappa shape index (κ1) is 17.1. The molecule has 1 saturated heterocycles. The number of rotatable bonds is 5. The van der Waals surface area contributed by atoms with Crippen LogP contribution < -0.4 is 10.2 Å². The Balaban J connectivity index is 1.45. The molecule has 134 valence electrons. The Morgan fingerprint density at radius 1 is 1.08 bits per heavy atom. The Bertz CT molecular complexity index is 929. The van der Waals surface area contributed by atoms with Crippen molar-refractivity contribution in [3.05, 3.63) is 70.4 Å². The number of furan rings is 1. The highest BCUT2D eigenvalue weighted by Gasteiger charge is 2.18. The molecular weight excluding hydrogens is 348 g/mol. The number of carbonyl (C=O) groups is 1. The SMILES string of the molecule is O=C(NCc1ccccc1C[NH+]1CCCC1)c1cc2cc(Cl)ccc2o1. The van der Waals surface area contributed by atoms with Crippen molar-refractivity contribution >= 4 is 28.5 Å². The summed E-state index contributed by atoms with van der Waals surface area (Å²) in [6.45, 7) is 4.00. The minimum absolute atomic E-state index is 0.208. The fourth-order valence-corrected chi connectivity index (χ4v) is 3.79. The van der Waals surface area contributed by atoms with Gasteiger partial charge in [-0.3, -0.25) is 4.79 Å². The summed E-state index contributed by atoms with van der Waals surface area (Å²) in [5.41, 5.74) is 3.14. The van der Waals surface area contributed by atoms with Crippen molar-refractivity contribution in [3.8, 4) is 0 Å². The van der Waals surface area contributed by atoms with Crippen LogP contribution in [0.1, 0.15) is 34.5 Å². The summed E-state index contributed by atoms with van der Waals surface area (Å²) in [5, 5.41) is 4.44. The van der Waals surface area contributed by atoms with Gasteiger partial charge in [0, 0.05) is 35.4 Å². The highest BCUT2D eigenvalue weighted by atomic mass is 35.5. The second-order valence-corrected chi connectivity index (χ2v) is 7.31. The van der Waals surface area contributed by atoms with Crippen LogP contribution in [0.4, 0.5) is 0 Å². The van der Waals surface area contributed by atoms with Gasteiger partial charge in [-0.2, -0.15) is 0 Å². The van der Waals surface area contributed by atoms with Gasteiger partial charge in [0.15, 0.2) is 5.76 Å². The monoisotopic (exact) mass is 369 g/mol. The normalized spacial score (nSPS) is 14.8. The molecule has 0 aliphatic carbocycles. The lowest BCUT2D eigenvalue weighted by atomic mass is 10.1. The van der Waals surface area contributed by atoms with Crippen LogP contribution in [0, 0.1) is 0 Å². The Kier molecular flexibility index (Phi) is 4.96. The van der Waals surface area contributed by atoms with Crippen LogP contribution in [0.15, 0.2) is 52.9 Å². The molecule has 0 bridgehead atoms. The summed E-state index contributed by atoms with van der Waals surface area (Å²) in [6.07, 6.45) is 2.62. The van der Waals surface area contributed by atoms with E-state index in [1.165, 1.54) is 37.1 Å². The van der Waals surface area contributed by atoms with E-state index in [2.05, 4.69) is 23.5 Å². The van der Waals surface area contributed by atoms with Gasteiger partial charge in [-0.1, -0.05) is 35.9 Å². The van der Waals surface area contributed by atoms with Gasteiger partial charge in [-0.15, -0.1) is 0 Å². The number of hydrogen-bond acceptors (Lipinski definition) is 2. The molecule has 1 amide bonds. The van der Waals surface area contributed by atoms with Crippen LogP contribution in [-0.4, -0.2) is 19.0 Å². The molecule has 0 unspecified atom stereocenters. The maximum Gasteiger partial charge on any atom is 0.287 e. The lowest BCUT2D eigenvalue weighted by molar-refractivity contribution is -0.901. The number of amides is 1. The number of carbonyl (C=O) groups excluding carboxylic acids is 1. The Hall–Kier alpha value is -2.30. The second-order valence-electron chi connectivity index (χ2n) is 6.88. The van der Waals surface area contributed by atoms with Crippen LogP contribution in [0.25, 0.3) is 11.0 Å². The number of nitrogens with one attached hydrogen (secondary N) is 2. The van der Waals surface area contributed by atoms with Crippen LogP contribution in [-0.2, 0) is 13.1 Å². The lowest BCUT2D eigenvalue weighted by Crippen LogP contribution is -3.08. The van der Waals surface area contributed by atoms with Crippen molar-refractivity contribution < 1.29 is 14.1 Å². The summed E-state index contributed by atoms with van der Waals surface area (Å²) in [6, 6.07) is 15.4. The summed E-state index contributed by atoms with van der Waals surface area (Å²) in [7, 11) is 0. The molecule has 0 radical (unpaired) electrons. The number of benzene rings is 2. The molecule has 3 aromatic rings. The van der Waals surface area contributed by atoms with Gasteiger partial charge >= 0.3 is 0 Å². The fourth-order valence-electron chi connectivity index (χ4n) is 3.61. The first-order valence-electron chi connectivity index (χ1n) is 9.07. The van der Waals surface area contributed by atoms with Gasteiger partial charge in [0.25, 0.3) is 5.91 Å². The second kappa shape index (κ2) is 7.52. The first-order chi connectivity index (χ1) is 12.7. The average molecular weight is 370 g/mol. The molecule has 4 rings (SSSR count). The summed E-state index contributed by atoms with van der Waals surface area (Å²) >= 11 is 5.99. The minimum atomic E-state index is -0.208. The van der Waals surface area contributed by atoms with Crippen molar-refractivity contribution in [2.45, 2.75) is 25.9 Å². The van der Waals surface area contributed by atoms with Crippen molar-refractivity contribution in [2.75, 3.05) is 13.1 Å². The van der Waals surface area contributed by atoms with E-state index in [0.29, 0.717) is 22.9 Å². The van der Waals surface area contributed by atoms with Crippen molar-refractivity contribution in [1.82, 2.24) is 5.32 Å². The number of fused-ring (bicyclic) bond motifs is 1. The molecule has 1 aromatic heterocycles. The first-order valence-corrected chi connectivity index (χ1v) is 9.44. The van der Waals surface area contributed by atoms with Gasteiger partial charge in [0.05, 0.1) is 13.1 Å². The fraction of sp³-hybridized carbons (Fsp3) is 0.286. The molecule has 26 heavy (non-hydrogen) atoms. The minimum Gasteiger partial charge on any atom is -0.451 e. The van der Waals surface area contributed by atoms with Crippen LogP contribution in [0.3, 0.4) is 0 Å². The molecule has 1 fully saturated rings. The van der Waals surface area contributed by atoms with E-state index in [0.717, 1.165) is 11.9 Å². The summed E-state index contributed by atoms with van der Waals surface area (Å²) in [4.78, 5) is 14.1. The van der Waals surface area contributed by atoms with Crippen molar-refractivity contribution in [1.29, 1.82) is 0 Å². The number of hydrogen-bond donors (Lipinski definition) is 2. The molecule has 2 aromatic carbocycles. The van der Waals surface area contributed by atoms with Crippen LogP contribution in [0.2, 0.25) is 5.02 Å². The molecule has 1 aliphatic heterocycles. The maximum atomic E-state index is 12.5. The predicted molar refractivity (Wildman–Crippen MR) is 102 cm³/mol. The highest BCUT2D eigenvalue weighted by Crippen LogP contribution is 2.23. The van der Waals surface area contributed by atoms with Gasteiger partial charge < -0.3 is 14.6 Å². The van der Waals surface area contributed by atoms with E-state index in [-0.39, 0.29) is 5.91 Å². The number of halogens is 1. The smallest absolute Gasteiger partial charge is 0.287 e. The number of likely N-dealkylation sites (tertiary alicyclic amines) is 1. The standard InChI is InChI=1S/C21H21ClN2O2/c22-18-7-8-19-17(11-18)12-20(26-19)21(25)23-13-15-5-1-2-6-16(15)14-24-9-3-4-10-24/h1-2,5-8,11-12H,3-4,9-10,13-14H2,(H,23,25)/p+1. The molecule has 0 spiro atoms. The van der Waals surface area contributed by atoms with E-state index in [4.69, 9.17) is 16.0 Å². The summed E-state index contributed by atoms with van der Waals surface area (Å²) in [5.74, 6) is 0.102. The predicted octanol–water partition coefficient (Wildman–Crippen LogP) is 3.19. The Morgan fingerprint density at radius 2 is 1.85 bits per heavy atom. The van der Waals surface area contributed by atoms with Crippen molar-refractivity contribution in [2.24, 2.45) is 0 Å². The maximum absolute atomic E-state index is 12.5. The Labute approximate surface area is 157 Å². The van der Waals surface area contributed by atoms with E-state index < -0.39 is 0 Å². The molecule has 0 atom stereocenters. The molecule has 1 aliphatic rings. The van der Waals surface area contributed by atoms with Gasteiger partial charge in [0.1, 0.15) is 12.1 Å². The third-order valence-electron chi connectivity index (χ3n) is 5.01. The van der Waals surface area contributed by atoms with Gasteiger partial charge in [-0.25, -0.2) is 0 Å².